The number of unbranched alkanes of at least 4 members (excludes halogenated alkanes) is 5. The fourth-order valence-electron chi connectivity index (χ4n) is 17.6. The molecule has 7 heteroatoms. The van der Waals surface area contributed by atoms with E-state index in [1.165, 1.54) is 108 Å². The van der Waals surface area contributed by atoms with Crippen LogP contribution in [0.2, 0.25) is 106 Å². The van der Waals surface area contributed by atoms with Gasteiger partial charge in [0.15, 0.2) is 20.1 Å². The van der Waals surface area contributed by atoms with Gasteiger partial charge in [0.1, 0.15) is 26.9 Å². The van der Waals surface area contributed by atoms with Crippen LogP contribution in [0.15, 0.2) is 60.9 Å². The molecule has 644 valence electrons. The van der Waals surface area contributed by atoms with Crippen LogP contribution in [0.1, 0.15) is 408 Å². The summed E-state index contributed by atoms with van der Waals surface area (Å²) < 4.78 is 0. The molecule has 1 aromatic rings. The third-order valence-corrected chi connectivity index (χ3v) is 31.0. The first-order valence-electron chi connectivity index (χ1n) is 49.0. The molecule has 0 amide bonds. The van der Waals surface area contributed by atoms with Crippen molar-refractivity contribution in [2.75, 3.05) is 0 Å². The third-order valence-electron chi connectivity index (χ3n) is 31.0. The maximum atomic E-state index is 3.97. The Morgan fingerprint density at radius 1 is 0.300 bits per heavy atom. The molecule has 0 aliphatic heterocycles. The molecular weight excluding hydrogens is 1310 g/mol. The minimum absolute atomic E-state index is 0.653. The second kappa shape index (κ2) is 66.8. The van der Waals surface area contributed by atoms with E-state index in [0.29, 0.717) is 13.4 Å². The predicted molar refractivity (Wildman–Crippen MR) is 536 cm³/mol. The number of hydrogen-bond acceptors (Lipinski definition) is 0. The number of allylic oxidation sites excluding steroid dienone is 1. The Morgan fingerprint density at radius 2 is 0.573 bits per heavy atom. The van der Waals surface area contributed by atoms with Crippen LogP contribution < -0.4 is 0 Å². The summed E-state index contributed by atoms with van der Waals surface area (Å²) in [5, 5.41) is 0. The van der Waals surface area contributed by atoms with E-state index in [1.54, 1.807) is 0 Å². The van der Waals surface area contributed by atoms with Crippen molar-refractivity contribution in [3.63, 3.8) is 0 Å². The molecule has 0 N–H and O–H groups in total. The van der Waals surface area contributed by atoms with Gasteiger partial charge in [0.2, 0.25) is 0 Å². The Labute approximate surface area is 706 Å². The third kappa shape index (κ3) is 50.0. The Morgan fingerprint density at radius 3 is 0.845 bits per heavy atom. The van der Waals surface area contributed by atoms with Crippen LogP contribution in [-0.4, -0.2) is 47.0 Å². The van der Waals surface area contributed by atoms with Crippen LogP contribution >= 0.6 is 0 Å². The van der Waals surface area contributed by atoms with E-state index in [4.69, 9.17) is 0 Å². The van der Waals surface area contributed by atoms with Gasteiger partial charge in [-0.25, -0.2) is 0 Å². The molecule has 0 spiro atoms. The van der Waals surface area contributed by atoms with Crippen LogP contribution in [0.3, 0.4) is 0 Å². The molecule has 0 bridgehead atoms. The Kier molecular flexibility index (Phi) is 71.3. The maximum Gasteiger partial charge on any atom is 0.172 e. The monoisotopic (exact) mass is 1530 g/mol. The lowest BCUT2D eigenvalue weighted by Gasteiger charge is -2.39. The lowest BCUT2D eigenvalue weighted by molar-refractivity contribution is 0.466. The van der Waals surface area contributed by atoms with Gasteiger partial charge in [0, 0.05) is 0 Å². The van der Waals surface area contributed by atoms with Gasteiger partial charge in [0.05, 0.1) is 0 Å². The minimum atomic E-state index is 0.653. The van der Waals surface area contributed by atoms with E-state index in [0.717, 1.165) is 204 Å². The molecule has 1 aliphatic rings. The molecule has 0 aromatic heterocycles. The van der Waals surface area contributed by atoms with Gasteiger partial charge in [0.25, 0.3) is 0 Å². The second-order valence-electron chi connectivity index (χ2n) is 42.8. The van der Waals surface area contributed by atoms with Gasteiger partial charge in [-0.2, -0.15) is 0 Å². The molecule has 0 nitrogen and oxygen atoms in total. The second-order valence-corrected chi connectivity index (χ2v) is 42.8. The zero-order valence-electron chi connectivity index (χ0n) is 85.1. The first-order chi connectivity index (χ1) is 50.9. The van der Waals surface area contributed by atoms with E-state index in [2.05, 4.69) is 385 Å². The van der Waals surface area contributed by atoms with Crippen LogP contribution in [0.5, 0.6) is 0 Å². The summed E-state index contributed by atoms with van der Waals surface area (Å²) in [5.74, 6) is 30.7. The fraction of sp³-hybridized carbons (Fsp3) is 0.883. The van der Waals surface area contributed by atoms with Gasteiger partial charge in [-0.05, 0) is 12.0 Å². The molecule has 14 unspecified atom stereocenters. The van der Waals surface area contributed by atoms with Crippen molar-refractivity contribution in [3.05, 3.63) is 66.5 Å². The highest BCUT2D eigenvalue weighted by Crippen LogP contribution is 2.46. The minimum Gasteiger partial charge on any atom is -0.122 e. The van der Waals surface area contributed by atoms with Gasteiger partial charge in [-0.1, -0.05) is 627 Å². The van der Waals surface area contributed by atoms with E-state index in [-0.39, 0.29) is 0 Å². The first-order valence-corrected chi connectivity index (χ1v) is 49.0. The number of rotatable bonds is 44. The van der Waals surface area contributed by atoms with Crippen LogP contribution in [0.4, 0.5) is 0 Å². The fourth-order valence-corrected chi connectivity index (χ4v) is 17.6. The normalized spacial score (nSPS) is 16.7. The van der Waals surface area contributed by atoms with Crippen molar-refractivity contribution in [2.24, 2.45) is 82.9 Å². The van der Waals surface area contributed by atoms with Crippen LogP contribution in [0.25, 0.3) is 6.08 Å². The highest BCUT2D eigenvalue weighted by molar-refractivity contribution is 6.69. The van der Waals surface area contributed by atoms with E-state index in [1.807, 2.05) is 0 Å². The quantitative estimate of drug-likeness (QED) is 0.0451. The van der Waals surface area contributed by atoms with Crippen molar-refractivity contribution in [1.29, 1.82) is 0 Å². The lowest BCUT2D eigenvalue weighted by atomic mass is 9.24. The molecule has 2 rings (SSSR count). The van der Waals surface area contributed by atoms with Gasteiger partial charge >= 0.3 is 0 Å². The number of hydrogen-bond donors (Lipinski definition) is 0. The van der Waals surface area contributed by atoms with Crippen molar-refractivity contribution in [3.8, 4) is 0 Å². The highest BCUT2D eigenvalue weighted by atomic mass is 14.2. The van der Waals surface area contributed by atoms with Crippen LogP contribution in [-0.2, 0) is 0 Å². The average molecular weight is 1530 g/mol. The zero-order chi connectivity index (χ0) is 86.7. The molecule has 0 saturated heterocycles. The highest BCUT2D eigenvalue weighted by Gasteiger charge is 2.39. The Balaban J connectivity index is -0.000000391. The van der Waals surface area contributed by atoms with Gasteiger partial charge in [-0.3, -0.25) is 0 Å². The summed E-state index contributed by atoms with van der Waals surface area (Å²) in [5.41, 5.74) is 1.31. The Hall–Kier alpha value is -1.11. The zero-order valence-corrected chi connectivity index (χ0v) is 85.1. The summed E-state index contributed by atoms with van der Waals surface area (Å²) in [6.45, 7) is 119. The summed E-state index contributed by atoms with van der Waals surface area (Å²) in [6, 6.07) is 10.6. The van der Waals surface area contributed by atoms with Gasteiger partial charge in [-0.15, -0.1) is 24.5 Å². The van der Waals surface area contributed by atoms with Gasteiger partial charge < -0.3 is 0 Å². The summed E-state index contributed by atoms with van der Waals surface area (Å²) >= 11 is 0. The SMILES string of the molecule is C=CB(C(C)C(C)C)C(C)C(C)C.CC(C)C(C)B(C1CCCCC1)C(C)C(C)C.CC(C)C(C)B(C=Cc1ccccc1)C(C)C(C)C.CCB(C(C)C(C)C)C(C)C(C)C.CCCCB(C(C)C(C)C)C(C)C(C)C.CCCCC=CB(C(C)C(C)C)C(C)C(C)C.CCCCCB(C(C)C(C)C)C(C)C(C)C. The molecular formula is C103H211B7. The summed E-state index contributed by atoms with van der Waals surface area (Å²) in [4.78, 5) is 0. The summed E-state index contributed by atoms with van der Waals surface area (Å²) in [6.07, 6.45) is 27.2. The average Bonchev–Trinajstić information content (AvgIpc) is 0.836. The molecule has 1 fully saturated rings. The standard InChI is InChI=1S/C18H29B.2C16H33B.C15H33B.C14H31B.C12H27B.C12H25B/c1-14(2)16(5)19(17(6)15(3)4)13-12-18-10-8-7-9-11-18;1-12(2)14(5)17(15(6)13(3)4)16-10-8-7-9-11-16;1-8-9-10-11-12-17(15(6)13(2)3)16(7)14(4)5;1-8-9-10-11-16(14(6)12(2)3)15(7)13(4)5;1-8-9-10-15(13(6)11(2)3)14(7)12(4)5;2*1-8-13(11(6)9(2)3)12(7)10(4)5/h7-17H,1-6H3;12-16H,7-11H2,1-6H3;11-16H,8-10H2,1-7H3;12-15H,8-11H2,1-7H3;11-14H,8-10H2,1-7H3;9-12H,8H2,1-7H3;8-12H,1H2,2-7H3. The van der Waals surface area contributed by atoms with Crippen molar-refractivity contribution < 1.29 is 0 Å². The summed E-state index contributed by atoms with van der Waals surface area (Å²) in [7, 11) is 0. The Bertz CT molecular complexity index is 2140. The smallest absolute Gasteiger partial charge is 0.122 e. The maximum absolute atomic E-state index is 3.97. The number of benzene rings is 1. The molecule has 14 atom stereocenters. The van der Waals surface area contributed by atoms with E-state index in [9.17, 15) is 0 Å². The van der Waals surface area contributed by atoms with Crippen molar-refractivity contribution in [2.45, 2.75) is 508 Å². The topological polar surface area (TPSA) is 0 Å². The predicted octanol–water partition coefficient (Wildman–Crippen LogP) is 37.6. The largest absolute Gasteiger partial charge is 0.172 e. The molecule has 1 aromatic carbocycles. The van der Waals surface area contributed by atoms with Crippen molar-refractivity contribution in [1.82, 2.24) is 0 Å². The molecule has 1 aliphatic carbocycles. The molecule has 1 saturated carbocycles. The van der Waals surface area contributed by atoms with Crippen molar-refractivity contribution >= 4 is 53.1 Å². The van der Waals surface area contributed by atoms with E-state index >= 15 is 0 Å². The molecule has 0 heterocycles. The molecule has 0 radical (unpaired) electrons. The lowest BCUT2D eigenvalue weighted by Crippen LogP contribution is -2.35. The molecule has 110 heavy (non-hydrogen) atoms. The first kappa shape index (κ1) is 117. The van der Waals surface area contributed by atoms with Crippen LogP contribution in [0, 0.1) is 82.9 Å². The van der Waals surface area contributed by atoms with E-state index < -0.39 is 0 Å².